The van der Waals surface area contributed by atoms with Gasteiger partial charge in [-0.15, -0.1) is 0 Å². The van der Waals surface area contributed by atoms with E-state index < -0.39 is 0 Å². The van der Waals surface area contributed by atoms with Gasteiger partial charge in [0, 0.05) is 35.3 Å². The Kier molecular flexibility index (Phi) is 3.42. The summed E-state index contributed by atoms with van der Waals surface area (Å²) in [5.41, 5.74) is 5.77. The third kappa shape index (κ3) is 2.34. The molecule has 1 aromatic carbocycles. The number of aryl methyl sites for hydroxylation is 1. The van der Waals surface area contributed by atoms with Crippen LogP contribution < -0.4 is 0 Å². The van der Waals surface area contributed by atoms with Gasteiger partial charge in [-0.1, -0.05) is 17.7 Å². The molecule has 0 saturated heterocycles. The van der Waals surface area contributed by atoms with Crippen molar-refractivity contribution in [3.8, 4) is 0 Å². The summed E-state index contributed by atoms with van der Waals surface area (Å²) in [7, 11) is 4.28. The molecular weight excluding hydrogens is 287 g/mol. The Morgan fingerprint density at radius 3 is 2.70 bits per heavy atom. The summed E-state index contributed by atoms with van der Waals surface area (Å²) in [6, 6.07) is 5.00. The molecular formula is C20H23FN2. The molecule has 120 valence electrons. The van der Waals surface area contributed by atoms with E-state index >= 15 is 0 Å². The lowest BCUT2D eigenvalue weighted by Gasteiger charge is -2.30. The Morgan fingerprint density at radius 2 is 1.96 bits per heavy atom. The molecule has 0 saturated carbocycles. The van der Waals surface area contributed by atoms with Gasteiger partial charge in [0.15, 0.2) is 0 Å². The SMILES string of the molecule is Cc1cc2c3c(c1)c(C1=CCCC=C1F)cn3CC(N(C)C)C2. The maximum absolute atomic E-state index is 14.4. The van der Waals surface area contributed by atoms with Gasteiger partial charge in [0.25, 0.3) is 0 Å². The Balaban J connectivity index is 1.93. The van der Waals surface area contributed by atoms with Crippen LogP contribution in [-0.4, -0.2) is 29.6 Å². The first-order valence-corrected chi connectivity index (χ1v) is 8.40. The monoisotopic (exact) mass is 310 g/mol. The number of benzene rings is 1. The van der Waals surface area contributed by atoms with Crippen molar-refractivity contribution in [2.45, 2.75) is 38.8 Å². The highest BCUT2D eigenvalue weighted by atomic mass is 19.1. The predicted molar refractivity (Wildman–Crippen MR) is 94.3 cm³/mol. The molecule has 0 radical (unpaired) electrons. The molecule has 0 amide bonds. The predicted octanol–water partition coefficient (Wildman–Crippen LogP) is 4.47. The highest BCUT2D eigenvalue weighted by Crippen LogP contribution is 2.38. The minimum absolute atomic E-state index is 0.0678. The van der Waals surface area contributed by atoms with Crippen LogP contribution in [0.3, 0.4) is 0 Å². The Hall–Kier alpha value is -1.87. The molecule has 4 rings (SSSR count). The topological polar surface area (TPSA) is 8.17 Å². The first-order valence-electron chi connectivity index (χ1n) is 8.40. The van der Waals surface area contributed by atoms with Crippen molar-refractivity contribution in [3.63, 3.8) is 0 Å². The lowest BCUT2D eigenvalue weighted by molar-refractivity contribution is 0.258. The van der Waals surface area contributed by atoms with Gasteiger partial charge in [-0.25, -0.2) is 4.39 Å². The minimum atomic E-state index is -0.0678. The zero-order chi connectivity index (χ0) is 16.1. The first-order chi connectivity index (χ1) is 11.0. The van der Waals surface area contributed by atoms with Crippen molar-refractivity contribution in [1.29, 1.82) is 0 Å². The first kappa shape index (κ1) is 14.7. The number of nitrogens with zero attached hydrogens (tertiary/aromatic N) is 2. The minimum Gasteiger partial charge on any atom is -0.345 e. The van der Waals surface area contributed by atoms with Gasteiger partial charge in [-0.3, -0.25) is 0 Å². The van der Waals surface area contributed by atoms with E-state index in [0.717, 1.165) is 36.9 Å². The number of likely N-dealkylation sites (N-methyl/N-ethyl adjacent to an activating group) is 1. The van der Waals surface area contributed by atoms with Gasteiger partial charge in [-0.2, -0.15) is 0 Å². The number of rotatable bonds is 2. The van der Waals surface area contributed by atoms with Gasteiger partial charge < -0.3 is 9.47 Å². The van der Waals surface area contributed by atoms with Crippen LogP contribution in [0.4, 0.5) is 4.39 Å². The highest BCUT2D eigenvalue weighted by Gasteiger charge is 2.26. The number of halogens is 1. The molecule has 0 N–H and O–H groups in total. The van der Waals surface area contributed by atoms with Crippen molar-refractivity contribution < 1.29 is 4.39 Å². The van der Waals surface area contributed by atoms with Crippen LogP contribution in [0.1, 0.15) is 29.5 Å². The van der Waals surface area contributed by atoms with Crippen molar-refractivity contribution in [2.75, 3.05) is 14.1 Å². The Bertz CT molecular complexity index is 839. The second-order valence-electron chi connectivity index (χ2n) is 7.08. The molecule has 0 spiro atoms. The standard InChI is InChI=1S/C20H23FN2/c1-13-8-14-10-15(22(2)3)11-23-12-18(17(9-13)20(14)23)16-6-4-5-7-19(16)21/h6-9,12,15H,4-5,10-11H2,1-3H3. The average Bonchev–Trinajstić information content (AvgIpc) is 2.86. The van der Waals surface area contributed by atoms with Crippen LogP contribution in [0.25, 0.3) is 16.5 Å². The van der Waals surface area contributed by atoms with Gasteiger partial charge >= 0.3 is 0 Å². The third-order valence-electron chi connectivity index (χ3n) is 5.17. The molecule has 2 aliphatic rings. The summed E-state index contributed by atoms with van der Waals surface area (Å²) >= 11 is 0. The summed E-state index contributed by atoms with van der Waals surface area (Å²) in [5, 5.41) is 1.20. The van der Waals surface area contributed by atoms with Crippen LogP contribution >= 0.6 is 0 Å². The fourth-order valence-corrected chi connectivity index (χ4v) is 3.98. The van der Waals surface area contributed by atoms with Gasteiger partial charge in [-0.05, 0) is 58.0 Å². The van der Waals surface area contributed by atoms with Crippen molar-refractivity contribution in [3.05, 3.63) is 53.0 Å². The summed E-state index contributed by atoms with van der Waals surface area (Å²) in [5.74, 6) is -0.0678. The van der Waals surface area contributed by atoms with E-state index in [1.807, 2.05) is 0 Å². The summed E-state index contributed by atoms with van der Waals surface area (Å²) in [4.78, 5) is 2.29. The molecule has 2 aromatic rings. The fraction of sp³-hybridized carbons (Fsp3) is 0.400. The number of hydrogen-bond acceptors (Lipinski definition) is 1. The van der Waals surface area contributed by atoms with Gasteiger partial charge in [0.05, 0.1) is 5.52 Å². The van der Waals surface area contributed by atoms with Crippen molar-refractivity contribution >= 4 is 16.5 Å². The maximum Gasteiger partial charge on any atom is 0.126 e. The Morgan fingerprint density at radius 1 is 1.17 bits per heavy atom. The highest BCUT2D eigenvalue weighted by molar-refractivity contribution is 5.98. The van der Waals surface area contributed by atoms with Crippen LogP contribution in [0, 0.1) is 6.92 Å². The zero-order valence-corrected chi connectivity index (χ0v) is 14.1. The lowest BCUT2D eigenvalue weighted by atomic mass is 9.94. The smallest absolute Gasteiger partial charge is 0.126 e. The molecule has 1 aromatic heterocycles. The van der Waals surface area contributed by atoms with E-state index in [9.17, 15) is 4.39 Å². The van der Waals surface area contributed by atoms with Crippen molar-refractivity contribution in [2.24, 2.45) is 0 Å². The number of aromatic nitrogens is 1. The maximum atomic E-state index is 14.4. The number of hydrogen-bond donors (Lipinski definition) is 0. The molecule has 3 heteroatoms. The molecule has 1 atom stereocenters. The van der Waals surface area contributed by atoms with E-state index in [2.05, 4.69) is 54.9 Å². The van der Waals surface area contributed by atoms with Crippen LogP contribution in [0.5, 0.6) is 0 Å². The fourth-order valence-electron chi connectivity index (χ4n) is 3.98. The van der Waals surface area contributed by atoms with E-state index in [0.29, 0.717) is 6.04 Å². The largest absolute Gasteiger partial charge is 0.345 e. The quantitative estimate of drug-likeness (QED) is 0.794. The molecule has 23 heavy (non-hydrogen) atoms. The molecule has 2 heterocycles. The van der Waals surface area contributed by atoms with E-state index in [1.165, 1.54) is 22.0 Å². The van der Waals surface area contributed by atoms with E-state index in [1.54, 1.807) is 6.08 Å². The summed E-state index contributed by atoms with van der Waals surface area (Å²) < 4.78 is 16.7. The zero-order valence-electron chi connectivity index (χ0n) is 14.1. The number of allylic oxidation sites excluding steroid dienone is 4. The van der Waals surface area contributed by atoms with Crippen LogP contribution in [0.2, 0.25) is 0 Å². The average molecular weight is 310 g/mol. The van der Waals surface area contributed by atoms with Crippen LogP contribution in [-0.2, 0) is 13.0 Å². The molecule has 1 aliphatic heterocycles. The Labute approximate surface area is 136 Å². The molecule has 0 fully saturated rings. The lowest BCUT2D eigenvalue weighted by Crippen LogP contribution is -2.36. The summed E-state index contributed by atoms with van der Waals surface area (Å²) in [6.45, 7) is 3.11. The van der Waals surface area contributed by atoms with Gasteiger partial charge in [0.2, 0.25) is 0 Å². The second kappa shape index (κ2) is 5.34. The molecule has 1 unspecified atom stereocenters. The molecule has 1 aliphatic carbocycles. The molecule has 2 nitrogen and oxygen atoms in total. The second-order valence-corrected chi connectivity index (χ2v) is 7.08. The summed E-state index contributed by atoms with van der Waals surface area (Å²) in [6.07, 6.45) is 8.73. The van der Waals surface area contributed by atoms with E-state index in [4.69, 9.17) is 0 Å². The normalized spacial score (nSPS) is 20.8. The van der Waals surface area contributed by atoms with Gasteiger partial charge in [0.1, 0.15) is 5.83 Å². The van der Waals surface area contributed by atoms with Crippen LogP contribution in [0.15, 0.2) is 36.3 Å². The van der Waals surface area contributed by atoms with E-state index in [-0.39, 0.29) is 5.83 Å². The third-order valence-corrected chi connectivity index (χ3v) is 5.17. The van der Waals surface area contributed by atoms with Crippen molar-refractivity contribution in [1.82, 2.24) is 9.47 Å². The molecule has 0 bridgehead atoms.